The molecule has 0 radical (unpaired) electrons. The fraction of sp³-hybridized carbons (Fsp3) is 0.385. The average Bonchev–Trinajstić information content (AvgIpc) is 2.19. The number of carbonyl (C=O) groups excluding carboxylic acids is 2. The lowest BCUT2D eigenvalue weighted by atomic mass is 9.90. The maximum Gasteiger partial charge on any atom is 0.292 e. The highest BCUT2D eigenvalue weighted by atomic mass is 16.2. The number of amides is 1. The van der Waals surface area contributed by atoms with Gasteiger partial charge in [-0.05, 0) is 19.1 Å². The maximum atomic E-state index is 11.6. The molecule has 16 heavy (non-hydrogen) atoms. The summed E-state index contributed by atoms with van der Waals surface area (Å²) in [4.78, 5) is 23.2. The smallest absolute Gasteiger partial charge is 0.292 e. The molecule has 1 aromatic carbocycles. The largest absolute Gasteiger partial charge is 0.319 e. The van der Waals surface area contributed by atoms with Gasteiger partial charge in [-0.3, -0.25) is 9.59 Å². The van der Waals surface area contributed by atoms with Crippen molar-refractivity contribution in [3.8, 4) is 0 Å². The molecule has 0 fully saturated rings. The summed E-state index contributed by atoms with van der Waals surface area (Å²) in [5.74, 6) is -0.968. The fourth-order valence-electron chi connectivity index (χ4n) is 1.17. The predicted molar refractivity (Wildman–Crippen MR) is 64.3 cm³/mol. The minimum absolute atomic E-state index is 0.409. The van der Waals surface area contributed by atoms with Crippen molar-refractivity contribution in [3.63, 3.8) is 0 Å². The third-order valence-electron chi connectivity index (χ3n) is 2.20. The summed E-state index contributed by atoms with van der Waals surface area (Å²) in [6, 6.07) is 7.33. The molecule has 1 amide bonds. The summed E-state index contributed by atoms with van der Waals surface area (Å²) in [5, 5.41) is 2.59. The molecular weight excluding hydrogens is 202 g/mol. The second kappa shape index (κ2) is 4.47. The minimum Gasteiger partial charge on any atom is -0.319 e. The Morgan fingerprint density at radius 2 is 1.56 bits per heavy atom. The van der Waals surface area contributed by atoms with Crippen LogP contribution in [0.3, 0.4) is 0 Å². The number of aryl methyl sites for hydroxylation is 1. The Labute approximate surface area is 95.9 Å². The van der Waals surface area contributed by atoms with Crippen LogP contribution in [-0.4, -0.2) is 11.7 Å². The highest BCUT2D eigenvalue weighted by Gasteiger charge is 2.27. The molecule has 0 aliphatic rings. The van der Waals surface area contributed by atoms with Gasteiger partial charge in [0.15, 0.2) is 0 Å². The number of Topliss-reactive ketones (excluding diaryl/α,β-unsaturated/α-hetero) is 1. The van der Waals surface area contributed by atoms with Gasteiger partial charge < -0.3 is 5.32 Å². The zero-order valence-corrected chi connectivity index (χ0v) is 10.1. The van der Waals surface area contributed by atoms with Gasteiger partial charge in [-0.2, -0.15) is 0 Å². The van der Waals surface area contributed by atoms with E-state index in [1.807, 2.05) is 19.1 Å². The molecule has 0 heterocycles. The monoisotopic (exact) mass is 219 g/mol. The summed E-state index contributed by atoms with van der Waals surface area (Å²) in [6.07, 6.45) is 0. The molecule has 0 atom stereocenters. The Morgan fingerprint density at radius 1 is 1.06 bits per heavy atom. The van der Waals surface area contributed by atoms with Crippen LogP contribution in [0.2, 0.25) is 0 Å². The molecule has 1 aromatic rings. The van der Waals surface area contributed by atoms with Crippen molar-refractivity contribution in [2.24, 2.45) is 5.41 Å². The molecule has 3 heteroatoms. The fourth-order valence-corrected chi connectivity index (χ4v) is 1.17. The van der Waals surface area contributed by atoms with E-state index < -0.39 is 17.1 Å². The summed E-state index contributed by atoms with van der Waals surface area (Å²) >= 11 is 0. The number of benzene rings is 1. The van der Waals surface area contributed by atoms with E-state index in [4.69, 9.17) is 0 Å². The van der Waals surface area contributed by atoms with Crippen LogP contribution >= 0.6 is 0 Å². The normalized spacial score (nSPS) is 11.0. The Morgan fingerprint density at radius 3 is 2.00 bits per heavy atom. The molecule has 0 saturated carbocycles. The Balaban J connectivity index is 2.72. The number of ketones is 1. The third-order valence-corrected chi connectivity index (χ3v) is 2.20. The molecule has 0 aliphatic heterocycles. The van der Waals surface area contributed by atoms with Crippen LogP contribution in [0.15, 0.2) is 24.3 Å². The number of hydrogen-bond donors (Lipinski definition) is 1. The molecular formula is C13H17NO2. The van der Waals surface area contributed by atoms with Gasteiger partial charge in [0.05, 0.1) is 0 Å². The Bertz CT molecular complexity index is 399. The summed E-state index contributed by atoms with van der Waals surface area (Å²) in [7, 11) is 0. The number of nitrogens with one attached hydrogen (secondary N) is 1. The average molecular weight is 219 g/mol. The van der Waals surface area contributed by atoms with Crippen LogP contribution in [0.5, 0.6) is 0 Å². The van der Waals surface area contributed by atoms with Crippen LogP contribution in [0.25, 0.3) is 0 Å². The van der Waals surface area contributed by atoms with E-state index in [1.54, 1.807) is 32.9 Å². The number of rotatable bonds is 2. The van der Waals surface area contributed by atoms with Crippen molar-refractivity contribution in [2.75, 3.05) is 5.32 Å². The second-order valence-corrected chi connectivity index (χ2v) is 4.90. The molecule has 0 spiro atoms. The van der Waals surface area contributed by atoms with E-state index in [1.165, 1.54) is 0 Å². The molecule has 0 saturated heterocycles. The molecule has 0 bridgehead atoms. The summed E-state index contributed by atoms with van der Waals surface area (Å²) in [5.41, 5.74) is 1.11. The van der Waals surface area contributed by atoms with Gasteiger partial charge in [-0.25, -0.2) is 0 Å². The first-order chi connectivity index (χ1) is 7.30. The molecule has 86 valence electrons. The molecule has 0 unspecified atom stereocenters. The van der Waals surface area contributed by atoms with Crippen molar-refractivity contribution in [3.05, 3.63) is 29.8 Å². The molecule has 0 aromatic heterocycles. The lowest BCUT2D eigenvalue weighted by Crippen LogP contribution is -2.33. The number of carbonyl (C=O) groups is 2. The van der Waals surface area contributed by atoms with Crippen LogP contribution in [-0.2, 0) is 9.59 Å². The van der Waals surface area contributed by atoms with Gasteiger partial charge in [0.1, 0.15) is 0 Å². The van der Waals surface area contributed by atoms with E-state index in [2.05, 4.69) is 5.32 Å². The zero-order chi connectivity index (χ0) is 12.3. The van der Waals surface area contributed by atoms with Gasteiger partial charge >= 0.3 is 0 Å². The standard InChI is InChI=1S/C13H17NO2/c1-9-5-7-10(8-6-9)14-12(16)11(15)13(2,3)4/h5-8H,1-4H3,(H,14,16). The van der Waals surface area contributed by atoms with Crippen LogP contribution < -0.4 is 5.32 Å². The quantitative estimate of drug-likeness (QED) is 0.777. The predicted octanol–water partition coefficient (Wildman–Crippen LogP) is 2.55. The third kappa shape index (κ3) is 3.19. The van der Waals surface area contributed by atoms with Gasteiger partial charge in [0.2, 0.25) is 5.78 Å². The molecule has 0 aliphatic carbocycles. The van der Waals surface area contributed by atoms with E-state index >= 15 is 0 Å². The van der Waals surface area contributed by atoms with Gasteiger partial charge in [-0.1, -0.05) is 38.5 Å². The minimum atomic E-state index is -0.644. The van der Waals surface area contributed by atoms with Gasteiger partial charge in [-0.15, -0.1) is 0 Å². The number of anilines is 1. The lowest BCUT2D eigenvalue weighted by Gasteiger charge is -2.15. The van der Waals surface area contributed by atoms with E-state index in [9.17, 15) is 9.59 Å². The van der Waals surface area contributed by atoms with Crippen molar-refractivity contribution < 1.29 is 9.59 Å². The van der Waals surface area contributed by atoms with Crippen molar-refractivity contribution in [2.45, 2.75) is 27.7 Å². The van der Waals surface area contributed by atoms with Crippen molar-refractivity contribution in [1.82, 2.24) is 0 Å². The number of hydrogen-bond acceptors (Lipinski definition) is 2. The zero-order valence-electron chi connectivity index (χ0n) is 10.1. The summed E-state index contributed by atoms with van der Waals surface area (Å²) in [6.45, 7) is 7.14. The SMILES string of the molecule is Cc1ccc(NC(=O)C(=O)C(C)(C)C)cc1. The lowest BCUT2D eigenvalue weighted by molar-refractivity contribution is -0.139. The van der Waals surface area contributed by atoms with Crippen LogP contribution in [0.1, 0.15) is 26.3 Å². The van der Waals surface area contributed by atoms with Gasteiger partial charge in [0, 0.05) is 11.1 Å². The van der Waals surface area contributed by atoms with Gasteiger partial charge in [0.25, 0.3) is 5.91 Å². The van der Waals surface area contributed by atoms with E-state index in [-0.39, 0.29) is 0 Å². The first-order valence-corrected chi connectivity index (χ1v) is 5.23. The van der Waals surface area contributed by atoms with Crippen molar-refractivity contribution >= 4 is 17.4 Å². The first-order valence-electron chi connectivity index (χ1n) is 5.23. The van der Waals surface area contributed by atoms with E-state index in [0.717, 1.165) is 5.56 Å². The molecule has 3 nitrogen and oxygen atoms in total. The Hall–Kier alpha value is -1.64. The summed E-state index contributed by atoms with van der Waals surface area (Å²) < 4.78 is 0. The van der Waals surface area contributed by atoms with E-state index in [0.29, 0.717) is 5.69 Å². The van der Waals surface area contributed by atoms with Crippen molar-refractivity contribution in [1.29, 1.82) is 0 Å². The van der Waals surface area contributed by atoms with Crippen LogP contribution in [0, 0.1) is 12.3 Å². The first kappa shape index (κ1) is 12.4. The second-order valence-electron chi connectivity index (χ2n) is 4.90. The highest BCUT2D eigenvalue weighted by Crippen LogP contribution is 2.16. The topological polar surface area (TPSA) is 46.2 Å². The Kier molecular flexibility index (Phi) is 3.48. The van der Waals surface area contributed by atoms with Crippen LogP contribution in [0.4, 0.5) is 5.69 Å². The molecule has 1 N–H and O–H groups in total. The maximum absolute atomic E-state index is 11.6. The highest BCUT2D eigenvalue weighted by molar-refractivity contribution is 6.42. The molecule has 1 rings (SSSR count).